The fourth-order valence-electron chi connectivity index (χ4n) is 3.28. The third kappa shape index (κ3) is 4.88. The molecule has 0 saturated carbocycles. The zero-order valence-corrected chi connectivity index (χ0v) is 19.4. The monoisotopic (exact) mass is 498 g/mol. The van der Waals surface area contributed by atoms with Crippen LogP contribution >= 0.6 is 23.2 Å². The third-order valence-electron chi connectivity index (χ3n) is 4.60. The lowest BCUT2D eigenvalue weighted by molar-refractivity contribution is -0.132. The summed E-state index contributed by atoms with van der Waals surface area (Å²) in [5.41, 5.74) is 3.65. The standard InChI is InChI=1S/C24H16Cl2N2O6/c1-12(29)32-16-9-20(33-13(2)30)22-21(10-16)34-24-14(4-3-5-17(24)23(22)31)11-27-28-19-8-15(25)6-7-18(19)26/h3-11,28H,1-2H3/b27-11+. The predicted octanol–water partition coefficient (Wildman–Crippen LogP) is 5.55. The molecule has 0 aliphatic rings. The van der Waals surface area contributed by atoms with Gasteiger partial charge >= 0.3 is 11.9 Å². The van der Waals surface area contributed by atoms with Crippen LogP contribution in [0, 0.1) is 0 Å². The molecule has 0 bridgehead atoms. The summed E-state index contributed by atoms with van der Waals surface area (Å²) in [7, 11) is 0. The van der Waals surface area contributed by atoms with E-state index in [1.165, 1.54) is 32.2 Å². The number of fused-ring (bicyclic) bond motifs is 2. The molecule has 0 spiro atoms. The van der Waals surface area contributed by atoms with Gasteiger partial charge in [0.05, 0.1) is 22.3 Å². The van der Waals surface area contributed by atoms with Gasteiger partial charge in [-0.2, -0.15) is 5.10 Å². The van der Waals surface area contributed by atoms with Gasteiger partial charge in [0, 0.05) is 36.6 Å². The van der Waals surface area contributed by atoms with Gasteiger partial charge in [-0.3, -0.25) is 19.8 Å². The fourth-order valence-corrected chi connectivity index (χ4v) is 3.61. The molecule has 0 saturated heterocycles. The molecule has 0 atom stereocenters. The van der Waals surface area contributed by atoms with Crippen molar-refractivity contribution in [3.05, 3.63) is 74.4 Å². The van der Waals surface area contributed by atoms with Crippen LogP contribution in [0.3, 0.4) is 0 Å². The van der Waals surface area contributed by atoms with Crippen molar-refractivity contribution in [2.24, 2.45) is 5.10 Å². The summed E-state index contributed by atoms with van der Waals surface area (Å²) in [6.45, 7) is 2.42. The average molecular weight is 499 g/mol. The van der Waals surface area contributed by atoms with E-state index in [2.05, 4.69) is 10.5 Å². The van der Waals surface area contributed by atoms with Gasteiger partial charge in [0.15, 0.2) is 0 Å². The van der Waals surface area contributed by atoms with E-state index in [1.54, 1.807) is 36.4 Å². The Labute approximate surface area is 202 Å². The first-order chi connectivity index (χ1) is 16.2. The fraction of sp³-hybridized carbons (Fsp3) is 0.0833. The number of esters is 2. The average Bonchev–Trinajstić information content (AvgIpc) is 2.75. The van der Waals surface area contributed by atoms with Gasteiger partial charge in [0.25, 0.3) is 0 Å². The predicted molar refractivity (Wildman–Crippen MR) is 130 cm³/mol. The van der Waals surface area contributed by atoms with Gasteiger partial charge in [-0.05, 0) is 30.3 Å². The van der Waals surface area contributed by atoms with E-state index < -0.39 is 17.4 Å². The maximum atomic E-state index is 13.3. The molecule has 1 N–H and O–H groups in total. The minimum atomic E-state index is -0.646. The zero-order chi connectivity index (χ0) is 24.4. The maximum absolute atomic E-state index is 13.3. The van der Waals surface area contributed by atoms with Crippen molar-refractivity contribution in [3.8, 4) is 11.5 Å². The maximum Gasteiger partial charge on any atom is 0.308 e. The van der Waals surface area contributed by atoms with Crippen molar-refractivity contribution < 1.29 is 23.5 Å². The molecule has 3 aromatic carbocycles. The highest BCUT2D eigenvalue weighted by molar-refractivity contribution is 6.35. The SMILES string of the molecule is CC(=O)Oc1cc(OC(C)=O)c2c(=O)c3cccc(/C=N/Nc4cc(Cl)ccc4Cl)c3oc2c1. The second-order valence-corrected chi connectivity index (χ2v) is 7.97. The molecule has 0 radical (unpaired) electrons. The minimum absolute atomic E-state index is 0.0384. The number of nitrogens with one attached hydrogen (secondary N) is 1. The summed E-state index contributed by atoms with van der Waals surface area (Å²) in [6.07, 6.45) is 1.46. The number of hydrogen-bond acceptors (Lipinski definition) is 8. The third-order valence-corrected chi connectivity index (χ3v) is 5.17. The molecular weight excluding hydrogens is 483 g/mol. The molecule has 172 valence electrons. The van der Waals surface area contributed by atoms with E-state index in [1.807, 2.05) is 0 Å². The number of hydrazone groups is 1. The summed E-state index contributed by atoms with van der Waals surface area (Å²) in [6, 6.07) is 12.5. The van der Waals surface area contributed by atoms with Crippen molar-refractivity contribution in [1.29, 1.82) is 0 Å². The van der Waals surface area contributed by atoms with Crippen LogP contribution in [0.4, 0.5) is 5.69 Å². The second-order valence-electron chi connectivity index (χ2n) is 7.13. The molecule has 0 fully saturated rings. The van der Waals surface area contributed by atoms with Crippen molar-refractivity contribution in [3.63, 3.8) is 0 Å². The number of nitrogens with zero attached hydrogens (tertiary/aromatic N) is 1. The lowest BCUT2D eigenvalue weighted by Gasteiger charge is -2.10. The summed E-state index contributed by atoms with van der Waals surface area (Å²) >= 11 is 12.1. The van der Waals surface area contributed by atoms with E-state index >= 15 is 0 Å². The first kappa shape index (κ1) is 23.3. The van der Waals surface area contributed by atoms with Crippen molar-refractivity contribution in [2.45, 2.75) is 13.8 Å². The molecule has 0 aliphatic heterocycles. The van der Waals surface area contributed by atoms with Crippen LogP contribution in [-0.4, -0.2) is 18.2 Å². The number of benzene rings is 3. The van der Waals surface area contributed by atoms with Crippen LogP contribution in [0.15, 0.2) is 62.8 Å². The molecule has 1 aromatic heterocycles. The summed E-state index contributed by atoms with van der Waals surface area (Å²) < 4.78 is 16.3. The smallest absolute Gasteiger partial charge is 0.308 e. The van der Waals surface area contributed by atoms with Crippen LogP contribution in [-0.2, 0) is 9.59 Å². The number of carbonyl (C=O) groups is 2. The molecule has 8 nitrogen and oxygen atoms in total. The highest BCUT2D eigenvalue weighted by Gasteiger charge is 2.18. The molecular formula is C24H16Cl2N2O6. The van der Waals surface area contributed by atoms with Crippen LogP contribution in [0.25, 0.3) is 21.9 Å². The van der Waals surface area contributed by atoms with Crippen LogP contribution in [0.1, 0.15) is 19.4 Å². The van der Waals surface area contributed by atoms with E-state index in [-0.39, 0.29) is 33.4 Å². The van der Waals surface area contributed by atoms with E-state index in [0.29, 0.717) is 21.3 Å². The number of para-hydroxylation sites is 1. The summed E-state index contributed by atoms with van der Waals surface area (Å²) in [5.74, 6) is -1.25. The molecule has 0 unspecified atom stereocenters. The number of carbonyl (C=O) groups excluding carboxylic acids is 2. The molecule has 4 rings (SSSR count). The van der Waals surface area contributed by atoms with Gasteiger partial charge in [-0.1, -0.05) is 29.3 Å². The minimum Gasteiger partial charge on any atom is -0.455 e. The molecule has 34 heavy (non-hydrogen) atoms. The Morgan fingerprint density at radius 3 is 2.53 bits per heavy atom. The molecule has 10 heteroatoms. The second kappa shape index (κ2) is 9.54. The largest absolute Gasteiger partial charge is 0.455 e. The van der Waals surface area contributed by atoms with Gasteiger partial charge in [0.2, 0.25) is 5.43 Å². The lowest BCUT2D eigenvalue weighted by atomic mass is 10.1. The van der Waals surface area contributed by atoms with Crippen molar-refractivity contribution in [1.82, 2.24) is 0 Å². The van der Waals surface area contributed by atoms with Crippen molar-refractivity contribution >= 4 is 69.0 Å². The Hall–Kier alpha value is -3.88. The first-order valence-electron chi connectivity index (χ1n) is 9.87. The number of ether oxygens (including phenoxy) is 2. The number of hydrogen-bond donors (Lipinski definition) is 1. The number of halogens is 2. The van der Waals surface area contributed by atoms with Gasteiger partial charge in [-0.15, -0.1) is 0 Å². The Kier molecular flexibility index (Phi) is 6.54. The summed E-state index contributed by atoms with van der Waals surface area (Å²) in [4.78, 5) is 36.3. The Balaban J connectivity index is 1.85. The molecule has 4 aromatic rings. The number of anilines is 1. The van der Waals surface area contributed by atoms with E-state index in [4.69, 9.17) is 37.1 Å². The zero-order valence-electron chi connectivity index (χ0n) is 17.8. The van der Waals surface area contributed by atoms with E-state index in [0.717, 1.165) is 0 Å². The van der Waals surface area contributed by atoms with Gasteiger partial charge in [0.1, 0.15) is 28.1 Å². The Bertz CT molecular complexity index is 1540. The van der Waals surface area contributed by atoms with Crippen LogP contribution < -0.4 is 20.3 Å². The van der Waals surface area contributed by atoms with Gasteiger partial charge < -0.3 is 13.9 Å². The first-order valence-corrected chi connectivity index (χ1v) is 10.6. The molecule has 0 amide bonds. The van der Waals surface area contributed by atoms with E-state index in [9.17, 15) is 14.4 Å². The van der Waals surface area contributed by atoms with Crippen LogP contribution in [0.5, 0.6) is 11.5 Å². The van der Waals surface area contributed by atoms with Crippen molar-refractivity contribution in [2.75, 3.05) is 5.43 Å². The Morgan fingerprint density at radius 1 is 1.03 bits per heavy atom. The topological polar surface area (TPSA) is 107 Å². The number of rotatable bonds is 5. The lowest BCUT2D eigenvalue weighted by Crippen LogP contribution is -2.10. The Morgan fingerprint density at radius 2 is 1.79 bits per heavy atom. The summed E-state index contributed by atoms with van der Waals surface area (Å²) in [5, 5.41) is 5.36. The molecule has 0 aliphatic carbocycles. The van der Waals surface area contributed by atoms with Crippen LogP contribution in [0.2, 0.25) is 10.0 Å². The highest BCUT2D eigenvalue weighted by atomic mass is 35.5. The highest BCUT2D eigenvalue weighted by Crippen LogP contribution is 2.32. The molecule has 1 heterocycles. The normalized spacial score (nSPS) is 11.2. The quantitative estimate of drug-likeness (QED) is 0.126. The van der Waals surface area contributed by atoms with Gasteiger partial charge in [-0.25, -0.2) is 0 Å².